The van der Waals surface area contributed by atoms with E-state index in [9.17, 15) is 18.3 Å². The molecule has 1 rings (SSSR count). The lowest BCUT2D eigenvalue weighted by Crippen LogP contribution is -2.17. The van der Waals surface area contributed by atoms with Gasteiger partial charge in [0.2, 0.25) is 0 Å². The first-order valence-electron chi connectivity index (χ1n) is 5.60. The van der Waals surface area contributed by atoms with Gasteiger partial charge in [0.25, 0.3) is 0 Å². The van der Waals surface area contributed by atoms with Gasteiger partial charge in [-0.05, 0) is 12.0 Å². The summed E-state index contributed by atoms with van der Waals surface area (Å²) in [6, 6.07) is 0.904. The predicted molar refractivity (Wildman–Crippen MR) is 58.3 cm³/mol. The second-order valence-corrected chi connectivity index (χ2v) is 3.98. The van der Waals surface area contributed by atoms with Crippen LogP contribution in [0, 0.1) is 5.92 Å². The fraction of sp³-hybridized carbons (Fsp3) is 0.583. The monoisotopic (exact) mass is 247 g/mol. The molecule has 0 aliphatic rings. The Balaban J connectivity index is 3.13. The highest BCUT2D eigenvalue weighted by Crippen LogP contribution is 2.37. The third kappa shape index (κ3) is 3.19. The van der Waals surface area contributed by atoms with Crippen LogP contribution in [0.15, 0.2) is 18.5 Å². The normalized spacial score (nSPS) is 14.1. The van der Waals surface area contributed by atoms with Crippen molar-refractivity contribution >= 4 is 0 Å². The Kier molecular flexibility index (Phi) is 4.51. The van der Waals surface area contributed by atoms with Gasteiger partial charge in [-0.2, -0.15) is 13.2 Å². The molecule has 0 radical (unpaired) electrons. The second-order valence-electron chi connectivity index (χ2n) is 3.98. The average molecular weight is 247 g/mol. The van der Waals surface area contributed by atoms with Crippen LogP contribution in [-0.2, 0) is 6.18 Å². The van der Waals surface area contributed by atoms with Crippen LogP contribution in [0.3, 0.4) is 0 Å². The summed E-state index contributed by atoms with van der Waals surface area (Å²) in [5.41, 5.74) is -0.930. The molecular weight excluding hydrogens is 231 g/mol. The fourth-order valence-electron chi connectivity index (χ4n) is 1.89. The highest BCUT2D eigenvalue weighted by molar-refractivity contribution is 5.28. The molecule has 2 nitrogen and oxygen atoms in total. The SMILES string of the molecule is CCC(CC)C(O)c1cnccc1C(F)(F)F. The lowest BCUT2D eigenvalue weighted by molar-refractivity contribution is -0.139. The molecule has 1 unspecified atom stereocenters. The van der Waals surface area contributed by atoms with Gasteiger partial charge < -0.3 is 5.11 Å². The lowest BCUT2D eigenvalue weighted by atomic mass is 9.90. The molecule has 0 aliphatic carbocycles. The van der Waals surface area contributed by atoms with E-state index >= 15 is 0 Å². The van der Waals surface area contributed by atoms with E-state index in [1.165, 1.54) is 0 Å². The molecule has 1 aromatic heterocycles. The third-order valence-corrected chi connectivity index (χ3v) is 2.97. The van der Waals surface area contributed by atoms with Gasteiger partial charge in [-0.3, -0.25) is 4.98 Å². The number of hydrogen-bond acceptors (Lipinski definition) is 2. The Morgan fingerprint density at radius 1 is 1.29 bits per heavy atom. The largest absolute Gasteiger partial charge is 0.416 e. The van der Waals surface area contributed by atoms with Gasteiger partial charge in [-0.25, -0.2) is 0 Å². The number of hydrogen-bond donors (Lipinski definition) is 1. The van der Waals surface area contributed by atoms with Crippen LogP contribution in [0.25, 0.3) is 0 Å². The van der Waals surface area contributed by atoms with Crippen LogP contribution in [0.4, 0.5) is 13.2 Å². The fourth-order valence-corrected chi connectivity index (χ4v) is 1.89. The third-order valence-electron chi connectivity index (χ3n) is 2.97. The van der Waals surface area contributed by atoms with Crippen molar-refractivity contribution in [2.24, 2.45) is 5.92 Å². The first kappa shape index (κ1) is 14.0. The van der Waals surface area contributed by atoms with Crippen LogP contribution in [0.5, 0.6) is 0 Å². The molecule has 0 amide bonds. The van der Waals surface area contributed by atoms with Crippen LogP contribution in [0.1, 0.15) is 43.9 Å². The standard InChI is InChI=1S/C12H16F3NO/c1-3-8(4-2)11(17)9-7-16-6-5-10(9)12(13,14)15/h5-8,11,17H,3-4H2,1-2H3. The highest BCUT2D eigenvalue weighted by Gasteiger charge is 2.36. The van der Waals surface area contributed by atoms with Gasteiger partial charge >= 0.3 is 6.18 Å². The topological polar surface area (TPSA) is 33.1 Å². The van der Waals surface area contributed by atoms with Crippen molar-refractivity contribution in [1.82, 2.24) is 4.98 Å². The van der Waals surface area contributed by atoms with Gasteiger partial charge in [0.1, 0.15) is 0 Å². The second kappa shape index (κ2) is 5.49. The zero-order valence-electron chi connectivity index (χ0n) is 9.83. The van der Waals surface area contributed by atoms with Gasteiger partial charge in [-0.1, -0.05) is 26.7 Å². The highest BCUT2D eigenvalue weighted by atomic mass is 19.4. The Morgan fingerprint density at radius 2 is 1.88 bits per heavy atom. The van der Waals surface area contributed by atoms with E-state index in [0.29, 0.717) is 12.8 Å². The maximum Gasteiger partial charge on any atom is 0.416 e. The molecule has 96 valence electrons. The zero-order valence-corrected chi connectivity index (χ0v) is 9.83. The molecular formula is C12H16F3NO. The molecule has 0 aliphatic heterocycles. The van der Waals surface area contributed by atoms with E-state index in [1.807, 2.05) is 13.8 Å². The molecule has 1 aromatic rings. The molecule has 0 bridgehead atoms. The van der Waals surface area contributed by atoms with E-state index in [0.717, 1.165) is 18.5 Å². The lowest BCUT2D eigenvalue weighted by Gasteiger charge is -2.23. The van der Waals surface area contributed by atoms with Crippen molar-refractivity contribution in [2.75, 3.05) is 0 Å². The minimum atomic E-state index is -4.45. The first-order valence-corrected chi connectivity index (χ1v) is 5.60. The Hall–Kier alpha value is -1.10. The summed E-state index contributed by atoms with van der Waals surface area (Å²) in [5.74, 6) is -0.180. The quantitative estimate of drug-likeness (QED) is 0.882. The molecule has 1 N–H and O–H groups in total. The van der Waals surface area contributed by atoms with Gasteiger partial charge in [0, 0.05) is 18.0 Å². The number of aromatic nitrogens is 1. The van der Waals surface area contributed by atoms with Crippen LogP contribution >= 0.6 is 0 Å². The number of nitrogens with zero attached hydrogens (tertiary/aromatic N) is 1. The summed E-state index contributed by atoms with van der Waals surface area (Å²) in [6.07, 6.45) is -2.12. The summed E-state index contributed by atoms with van der Waals surface area (Å²) < 4.78 is 38.2. The van der Waals surface area contributed by atoms with Crippen molar-refractivity contribution in [2.45, 2.75) is 39.0 Å². The number of alkyl halides is 3. The number of aliphatic hydroxyl groups excluding tert-OH is 1. The molecule has 17 heavy (non-hydrogen) atoms. The smallest absolute Gasteiger partial charge is 0.388 e. The summed E-state index contributed by atoms with van der Waals surface area (Å²) >= 11 is 0. The summed E-state index contributed by atoms with van der Waals surface area (Å²) in [5, 5.41) is 9.98. The van der Waals surface area contributed by atoms with E-state index in [2.05, 4.69) is 4.98 Å². The molecule has 0 aromatic carbocycles. The number of halogens is 3. The van der Waals surface area contributed by atoms with Crippen molar-refractivity contribution in [3.05, 3.63) is 29.6 Å². The minimum absolute atomic E-state index is 0.131. The van der Waals surface area contributed by atoms with Crippen molar-refractivity contribution in [3.8, 4) is 0 Å². The Labute approximate surface area is 98.5 Å². The van der Waals surface area contributed by atoms with Gasteiger partial charge in [0.05, 0.1) is 11.7 Å². The van der Waals surface area contributed by atoms with E-state index in [1.54, 1.807) is 0 Å². The summed E-state index contributed by atoms with van der Waals surface area (Å²) in [7, 11) is 0. The minimum Gasteiger partial charge on any atom is -0.388 e. The van der Waals surface area contributed by atoms with Crippen LogP contribution < -0.4 is 0 Å². The Morgan fingerprint density at radius 3 is 2.35 bits per heavy atom. The maximum atomic E-state index is 12.7. The maximum absolute atomic E-state index is 12.7. The Bertz CT molecular complexity index is 361. The molecule has 0 saturated heterocycles. The average Bonchev–Trinajstić information content (AvgIpc) is 2.29. The van der Waals surface area contributed by atoms with E-state index in [4.69, 9.17) is 0 Å². The van der Waals surface area contributed by atoms with Crippen molar-refractivity contribution in [3.63, 3.8) is 0 Å². The summed E-state index contributed by atoms with van der Waals surface area (Å²) in [4.78, 5) is 3.67. The van der Waals surface area contributed by atoms with E-state index < -0.39 is 17.8 Å². The van der Waals surface area contributed by atoms with Crippen LogP contribution in [-0.4, -0.2) is 10.1 Å². The van der Waals surface area contributed by atoms with E-state index in [-0.39, 0.29) is 11.5 Å². The van der Waals surface area contributed by atoms with Gasteiger partial charge in [0.15, 0.2) is 0 Å². The molecule has 5 heteroatoms. The van der Waals surface area contributed by atoms with Crippen molar-refractivity contribution in [1.29, 1.82) is 0 Å². The number of aliphatic hydroxyl groups is 1. The number of pyridine rings is 1. The van der Waals surface area contributed by atoms with Crippen molar-refractivity contribution < 1.29 is 18.3 Å². The molecule has 1 atom stereocenters. The molecule has 1 heterocycles. The predicted octanol–water partition coefficient (Wildman–Crippen LogP) is 3.57. The number of rotatable bonds is 4. The summed E-state index contributed by atoms with van der Waals surface area (Å²) in [6.45, 7) is 3.70. The molecule has 0 saturated carbocycles. The van der Waals surface area contributed by atoms with Gasteiger partial charge in [-0.15, -0.1) is 0 Å². The zero-order chi connectivity index (χ0) is 13.1. The molecule has 0 fully saturated rings. The van der Waals surface area contributed by atoms with Crippen LogP contribution in [0.2, 0.25) is 0 Å². The first-order chi connectivity index (χ1) is 7.91. The molecule has 0 spiro atoms.